The fourth-order valence-electron chi connectivity index (χ4n) is 2.81. The van der Waals surface area contributed by atoms with Crippen LogP contribution in [0.4, 0.5) is 0 Å². The fraction of sp³-hybridized carbons (Fsp3) is 0.333. The van der Waals surface area contributed by atoms with E-state index in [2.05, 4.69) is 5.32 Å². The quantitative estimate of drug-likeness (QED) is 0.773. The van der Waals surface area contributed by atoms with Gasteiger partial charge >= 0.3 is 0 Å². The number of carbonyl (C=O) groups is 4. The second kappa shape index (κ2) is 4.25. The summed E-state index contributed by atoms with van der Waals surface area (Å²) in [5.41, 5.74) is 0.155. The number of rotatable bonds is 1. The average molecular weight is 286 g/mol. The zero-order valence-corrected chi connectivity index (χ0v) is 11.7. The van der Waals surface area contributed by atoms with E-state index in [1.807, 2.05) is 6.92 Å². The van der Waals surface area contributed by atoms with Crippen molar-refractivity contribution in [1.82, 2.24) is 10.2 Å². The second-order valence-corrected chi connectivity index (χ2v) is 5.65. The molecule has 1 aromatic carbocycles. The smallest absolute Gasteiger partial charge is 0.262 e. The van der Waals surface area contributed by atoms with E-state index in [0.29, 0.717) is 11.1 Å². The van der Waals surface area contributed by atoms with Gasteiger partial charge in [0.2, 0.25) is 5.91 Å². The van der Waals surface area contributed by atoms with Crippen molar-refractivity contribution in [3.63, 3.8) is 0 Å². The van der Waals surface area contributed by atoms with Gasteiger partial charge in [0, 0.05) is 6.42 Å². The Balaban J connectivity index is 2.05. The topological polar surface area (TPSA) is 83.6 Å². The van der Waals surface area contributed by atoms with Crippen molar-refractivity contribution in [2.75, 3.05) is 0 Å². The van der Waals surface area contributed by atoms with Crippen molar-refractivity contribution < 1.29 is 19.2 Å². The molecular weight excluding hydrogens is 272 g/mol. The Hall–Kier alpha value is -2.50. The summed E-state index contributed by atoms with van der Waals surface area (Å²) < 4.78 is 0. The van der Waals surface area contributed by atoms with Gasteiger partial charge in [0.05, 0.1) is 11.1 Å². The van der Waals surface area contributed by atoms with Crippen LogP contribution >= 0.6 is 0 Å². The third-order valence-corrected chi connectivity index (χ3v) is 4.12. The maximum Gasteiger partial charge on any atom is 0.262 e. The lowest BCUT2D eigenvalue weighted by Gasteiger charge is -2.38. The molecule has 3 rings (SSSR count). The van der Waals surface area contributed by atoms with Crippen molar-refractivity contribution in [3.05, 3.63) is 34.9 Å². The number of benzene rings is 1. The Morgan fingerprint density at radius 2 is 1.76 bits per heavy atom. The van der Waals surface area contributed by atoms with Crippen LogP contribution in [-0.2, 0) is 9.59 Å². The van der Waals surface area contributed by atoms with E-state index in [4.69, 9.17) is 0 Å². The Bertz CT molecular complexity index is 710. The summed E-state index contributed by atoms with van der Waals surface area (Å²) in [6.07, 6.45) is 0.247. The summed E-state index contributed by atoms with van der Waals surface area (Å²) in [5.74, 6) is -1.96. The van der Waals surface area contributed by atoms with Crippen molar-refractivity contribution >= 4 is 23.6 Å². The monoisotopic (exact) mass is 286 g/mol. The van der Waals surface area contributed by atoms with Crippen LogP contribution in [0, 0.1) is 6.92 Å². The molecule has 1 aromatic rings. The number of fused-ring (bicyclic) bond motifs is 1. The van der Waals surface area contributed by atoms with Gasteiger partial charge in [-0.2, -0.15) is 0 Å². The zero-order valence-electron chi connectivity index (χ0n) is 11.7. The molecule has 4 amide bonds. The van der Waals surface area contributed by atoms with Gasteiger partial charge < -0.3 is 0 Å². The van der Waals surface area contributed by atoms with E-state index in [0.717, 1.165) is 10.5 Å². The minimum absolute atomic E-state index is 0.106. The Morgan fingerprint density at radius 3 is 2.43 bits per heavy atom. The molecule has 0 bridgehead atoms. The first-order chi connectivity index (χ1) is 9.84. The molecule has 1 fully saturated rings. The molecule has 2 heterocycles. The maximum absolute atomic E-state index is 12.5. The summed E-state index contributed by atoms with van der Waals surface area (Å²) in [6.45, 7) is 3.34. The molecular formula is C15H14N2O4. The molecule has 1 atom stereocenters. The molecule has 0 aromatic heterocycles. The molecule has 2 aliphatic heterocycles. The van der Waals surface area contributed by atoms with Gasteiger partial charge in [-0.1, -0.05) is 11.6 Å². The van der Waals surface area contributed by atoms with E-state index < -0.39 is 23.3 Å². The molecule has 0 saturated carbocycles. The van der Waals surface area contributed by atoms with E-state index in [1.54, 1.807) is 18.2 Å². The average Bonchev–Trinajstić information content (AvgIpc) is 2.67. The van der Waals surface area contributed by atoms with Gasteiger partial charge in [-0.15, -0.1) is 0 Å². The van der Waals surface area contributed by atoms with Crippen LogP contribution in [0.15, 0.2) is 18.2 Å². The van der Waals surface area contributed by atoms with Crippen LogP contribution in [0.1, 0.15) is 46.0 Å². The normalized spacial score (nSPS) is 25.1. The van der Waals surface area contributed by atoms with Crippen molar-refractivity contribution in [1.29, 1.82) is 0 Å². The summed E-state index contributed by atoms with van der Waals surface area (Å²) in [5, 5.41) is 2.20. The summed E-state index contributed by atoms with van der Waals surface area (Å²) in [7, 11) is 0. The molecule has 2 aliphatic rings. The number of piperidine rings is 1. The van der Waals surface area contributed by atoms with Crippen LogP contribution < -0.4 is 5.32 Å². The number of imide groups is 2. The molecule has 0 unspecified atom stereocenters. The fourth-order valence-corrected chi connectivity index (χ4v) is 2.81. The van der Waals surface area contributed by atoms with Gasteiger partial charge in [-0.25, -0.2) is 0 Å². The first kappa shape index (κ1) is 13.5. The molecule has 6 heteroatoms. The van der Waals surface area contributed by atoms with Gasteiger partial charge in [-0.05, 0) is 32.4 Å². The van der Waals surface area contributed by atoms with E-state index in [9.17, 15) is 19.2 Å². The van der Waals surface area contributed by atoms with Crippen LogP contribution in [0.2, 0.25) is 0 Å². The van der Waals surface area contributed by atoms with Crippen LogP contribution in [0.5, 0.6) is 0 Å². The molecule has 1 saturated heterocycles. The van der Waals surface area contributed by atoms with E-state index in [1.165, 1.54) is 6.92 Å². The number of nitrogens with zero attached hydrogens (tertiary/aromatic N) is 1. The number of aryl methyl sites for hydroxylation is 1. The predicted molar refractivity (Wildman–Crippen MR) is 72.5 cm³/mol. The minimum atomic E-state index is -1.32. The number of nitrogens with one attached hydrogen (secondary N) is 1. The largest absolute Gasteiger partial charge is 0.294 e. The Kier molecular flexibility index (Phi) is 2.73. The molecule has 6 nitrogen and oxygen atoms in total. The zero-order chi connectivity index (χ0) is 15.4. The van der Waals surface area contributed by atoms with Crippen LogP contribution in [0.3, 0.4) is 0 Å². The maximum atomic E-state index is 12.5. The van der Waals surface area contributed by atoms with E-state index in [-0.39, 0.29) is 18.7 Å². The summed E-state index contributed by atoms with van der Waals surface area (Å²) >= 11 is 0. The first-order valence-corrected chi connectivity index (χ1v) is 6.68. The summed E-state index contributed by atoms with van der Waals surface area (Å²) in [6, 6.07) is 4.99. The lowest BCUT2D eigenvalue weighted by atomic mass is 9.89. The third-order valence-electron chi connectivity index (χ3n) is 4.12. The van der Waals surface area contributed by atoms with Gasteiger partial charge in [-0.3, -0.25) is 29.4 Å². The molecule has 108 valence electrons. The van der Waals surface area contributed by atoms with Crippen LogP contribution in [0.25, 0.3) is 0 Å². The predicted octanol–water partition coefficient (Wildman–Crippen LogP) is 0.786. The second-order valence-electron chi connectivity index (χ2n) is 5.65. The summed E-state index contributed by atoms with van der Waals surface area (Å²) in [4.78, 5) is 49.4. The number of hydrogen-bond donors (Lipinski definition) is 1. The lowest BCUT2D eigenvalue weighted by molar-refractivity contribution is -0.140. The first-order valence-electron chi connectivity index (χ1n) is 6.68. The standard InChI is InChI=1S/C15H14N2O4/c1-8-3-4-9-10(7-8)13(20)17(12(9)19)15(2)6-5-11(18)16-14(15)21/h3-4,7H,5-6H2,1-2H3,(H,16,18,21)/t15-/m1/s1. The van der Waals surface area contributed by atoms with Gasteiger partial charge in [0.1, 0.15) is 5.54 Å². The van der Waals surface area contributed by atoms with Crippen LogP contribution in [-0.4, -0.2) is 34.1 Å². The Labute approximate surface area is 121 Å². The van der Waals surface area contributed by atoms with Crippen molar-refractivity contribution in [3.8, 4) is 0 Å². The van der Waals surface area contributed by atoms with E-state index >= 15 is 0 Å². The molecule has 1 N–H and O–H groups in total. The third kappa shape index (κ3) is 1.79. The number of carbonyl (C=O) groups excluding carboxylic acids is 4. The SMILES string of the molecule is Cc1ccc2c(c1)C(=O)N([C@]1(C)CCC(=O)NC1=O)C2=O. The number of amides is 4. The highest BCUT2D eigenvalue weighted by molar-refractivity contribution is 6.24. The lowest BCUT2D eigenvalue weighted by Crippen LogP contribution is -2.62. The highest BCUT2D eigenvalue weighted by atomic mass is 16.2. The van der Waals surface area contributed by atoms with Crippen molar-refractivity contribution in [2.24, 2.45) is 0 Å². The van der Waals surface area contributed by atoms with Gasteiger partial charge in [0.25, 0.3) is 17.7 Å². The van der Waals surface area contributed by atoms with Crippen molar-refractivity contribution in [2.45, 2.75) is 32.2 Å². The highest BCUT2D eigenvalue weighted by Gasteiger charge is 2.52. The Morgan fingerprint density at radius 1 is 1.10 bits per heavy atom. The minimum Gasteiger partial charge on any atom is -0.294 e. The highest BCUT2D eigenvalue weighted by Crippen LogP contribution is 2.34. The molecule has 0 aliphatic carbocycles. The molecule has 21 heavy (non-hydrogen) atoms. The molecule has 0 spiro atoms. The number of hydrogen-bond acceptors (Lipinski definition) is 4. The molecule has 0 radical (unpaired) electrons. The van der Waals surface area contributed by atoms with Gasteiger partial charge in [0.15, 0.2) is 0 Å².